The molecule has 0 spiro atoms. The molecule has 0 radical (unpaired) electrons. The highest BCUT2D eigenvalue weighted by Gasteiger charge is 2.52. The van der Waals surface area contributed by atoms with Crippen LogP contribution in [0.2, 0.25) is 0 Å². The number of allylic oxidation sites excluding steroid dienone is 1. The monoisotopic (exact) mass is 360 g/mol. The van der Waals surface area contributed by atoms with Gasteiger partial charge in [0.2, 0.25) is 5.79 Å². The van der Waals surface area contributed by atoms with Crippen LogP contribution < -0.4 is 0 Å². The average molecular weight is 360 g/mol. The first kappa shape index (κ1) is 18.6. The lowest BCUT2D eigenvalue weighted by Gasteiger charge is -2.33. The molecule has 140 valence electrons. The van der Waals surface area contributed by atoms with Crippen molar-refractivity contribution in [2.24, 2.45) is 5.92 Å². The van der Waals surface area contributed by atoms with Gasteiger partial charge in [-0.15, -0.1) is 0 Å². The molecule has 3 heterocycles. The molecule has 0 aliphatic carbocycles. The van der Waals surface area contributed by atoms with Gasteiger partial charge in [-0.1, -0.05) is 18.7 Å². The zero-order valence-corrected chi connectivity index (χ0v) is 15.4. The molecule has 0 aromatic carbocycles. The van der Waals surface area contributed by atoms with E-state index >= 15 is 0 Å². The minimum absolute atomic E-state index is 0.256. The maximum absolute atomic E-state index is 12.4. The van der Waals surface area contributed by atoms with E-state index in [1.165, 1.54) is 0 Å². The third-order valence-electron chi connectivity index (χ3n) is 5.31. The van der Waals surface area contributed by atoms with Crippen LogP contribution in [-0.4, -0.2) is 40.6 Å². The summed E-state index contributed by atoms with van der Waals surface area (Å²) in [5.74, 6) is -3.10. The van der Waals surface area contributed by atoms with E-state index < -0.39 is 41.5 Å². The summed E-state index contributed by atoms with van der Waals surface area (Å²) in [6.07, 6.45) is 5.52. The summed E-state index contributed by atoms with van der Waals surface area (Å²) in [4.78, 5) is 24.5. The molecule has 26 heavy (non-hydrogen) atoms. The predicted octanol–water partition coefficient (Wildman–Crippen LogP) is 2.35. The Kier molecular flexibility index (Phi) is 4.45. The van der Waals surface area contributed by atoms with E-state index in [2.05, 4.69) is 6.58 Å². The van der Waals surface area contributed by atoms with Gasteiger partial charge in [-0.3, -0.25) is 0 Å². The van der Waals surface area contributed by atoms with Crippen molar-refractivity contribution in [2.75, 3.05) is 0 Å². The maximum Gasteiger partial charge on any atom is 0.334 e. The molecule has 6 heteroatoms. The second-order valence-corrected chi connectivity index (χ2v) is 7.33. The number of aliphatic hydroxyl groups is 1. The number of rotatable bonds is 2. The summed E-state index contributed by atoms with van der Waals surface area (Å²) in [7, 11) is 0. The molecular formula is C20H24O6. The molecule has 3 aliphatic heterocycles. The second kappa shape index (κ2) is 6.21. The Morgan fingerprint density at radius 2 is 2.15 bits per heavy atom. The van der Waals surface area contributed by atoms with E-state index in [-0.39, 0.29) is 12.0 Å². The zero-order valence-electron chi connectivity index (χ0n) is 15.4. The van der Waals surface area contributed by atoms with E-state index in [0.29, 0.717) is 11.1 Å². The van der Waals surface area contributed by atoms with E-state index in [1.54, 1.807) is 52.0 Å². The van der Waals surface area contributed by atoms with Gasteiger partial charge in [-0.05, 0) is 45.4 Å². The number of hydrogen-bond donors (Lipinski definition) is 1. The van der Waals surface area contributed by atoms with Gasteiger partial charge in [-0.25, -0.2) is 9.59 Å². The minimum Gasteiger partial charge on any atom is -0.458 e. The number of ether oxygens (including phenoxy) is 3. The van der Waals surface area contributed by atoms with Crippen LogP contribution in [0.1, 0.15) is 34.1 Å². The lowest BCUT2D eigenvalue weighted by Crippen LogP contribution is -2.40. The maximum atomic E-state index is 12.4. The van der Waals surface area contributed by atoms with Crippen molar-refractivity contribution in [1.29, 1.82) is 0 Å². The van der Waals surface area contributed by atoms with E-state index in [9.17, 15) is 14.7 Å². The molecule has 3 aliphatic rings. The molecule has 1 fully saturated rings. The smallest absolute Gasteiger partial charge is 0.334 e. The van der Waals surface area contributed by atoms with Gasteiger partial charge < -0.3 is 19.3 Å². The van der Waals surface area contributed by atoms with Crippen molar-refractivity contribution in [1.82, 2.24) is 0 Å². The minimum atomic E-state index is -1.58. The third kappa shape index (κ3) is 3.04. The first-order chi connectivity index (χ1) is 12.1. The molecule has 6 nitrogen and oxygen atoms in total. The summed E-state index contributed by atoms with van der Waals surface area (Å²) in [6, 6.07) is 0. The van der Waals surface area contributed by atoms with Gasteiger partial charge in [0.05, 0.1) is 11.5 Å². The van der Waals surface area contributed by atoms with Crippen molar-refractivity contribution in [3.63, 3.8) is 0 Å². The Hall–Kier alpha value is -2.18. The third-order valence-corrected chi connectivity index (χ3v) is 5.31. The van der Waals surface area contributed by atoms with Crippen molar-refractivity contribution in [3.05, 3.63) is 47.6 Å². The molecule has 0 aromatic heterocycles. The van der Waals surface area contributed by atoms with Crippen LogP contribution in [0.3, 0.4) is 0 Å². The molecule has 0 saturated carbocycles. The zero-order chi connectivity index (χ0) is 19.3. The van der Waals surface area contributed by atoms with Crippen LogP contribution in [0.25, 0.3) is 0 Å². The normalized spacial score (nSPS) is 41.5. The highest BCUT2D eigenvalue weighted by Crippen LogP contribution is 2.44. The summed E-state index contributed by atoms with van der Waals surface area (Å²) >= 11 is 0. The predicted molar refractivity (Wildman–Crippen MR) is 93.8 cm³/mol. The molecule has 1 saturated heterocycles. The van der Waals surface area contributed by atoms with E-state index in [4.69, 9.17) is 14.2 Å². The van der Waals surface area contributed by atoms with E-state index in [1.807, 2.05) is 0 Å². The van der Waals surface area contributed by atoms with Crippen molar-refractivity contribution >= 4 is 11.9 Å². The first-order valence-corrected chi connectivity index (χ1v) is 8.64. The molecule has 5 atom stereocenters. The highest BCUT2D eigenvalue weighted by molar-refractivity contribution is 5.92. The largest absolute Gasteiger partial charge is 0.458 e. The quantitative estimate of drug-likeness (QED) is 0.462. The first-order valence-electron chi connectivity index (χ1n) is 8.64. The van der Waals surface area contributed by atoms with Gasteiger partial charge in [0.25, 0.3) is 0 Å². The van der Waals surface area contributed by atoms with Crippen LogP contribution in [0.15, 0.2) is 47.6 Å². The van der Waals surface area contributed by atoms with Crippen LogP contribution in [0, 0.1) is 5.92 Å². The number of esters is 2. The lowest BCUT2D eigenvalue weighted by molar-refractivity contribution is -0.188. The summed E-state index contributed by atoms with van der Waals surface area (Å²) in [5.41, 5.74) is 0.367. The Bertz CT molecular complexity index is 760. The van der Waals surface area contributed by atoms with E-state index in [0.717, 1.165) is 0 Å². The van der Waals surface area contributed by atoms with Gasteiger partial charge in [0.15, 0.2) is 0 Å². The molecule has 0 unspecified atom stereocenters. The van der Waals surface area contributed by atoms with Crippen LogP contribution in [0.5, 0.6) is 0 Å². The average Bonchev–Trinajstić information content (AvgIpc) is 3.03. The van der Waals surface area contributed by atoms with Gasteiger partial charge in [0.1, 0.15) is 12.2 Å². The van der Waals surface area contributed by atoms with Crippen molar-refractivity contribution in [2.45, 2.75) is 57.7 Å². The van der Waals surface area contributed by atoms with Gasteiger partial charge in [0, 0.05) is 17.6 Å². The van der Waals surface area contributed by atoms with Crippen LogP contribution >= 0.6 is 0 Å². The highest BCUT2D eigenvalue weighted by atomic mass is 16.6. The van der Waals surface area contributed by atoms with Crippen LogP contribution in [0.4, 0.5) is 0 Å². The van der Waals surface area contributed by atoms with Gasteiger partial charge in [-0.2, -0.15) is 0 Å². The number of carbonyl (C=O) groups excluding carboxylic acids is 2. The Labute approximate surface area is 152 Å². The summed E-state index contributed by atoms with van der Waals surface area (Å²) < 4.78 is 17.0. The standard InChI is InChI=1S/C20H24O6/c1-6-11(2)17(21)25-15-10-19(5)7-8-20(23,26-19)12(3)9-14-16(15)13(4)18(22)24-14/h6-9,14-16,23H,4,10H2,1-3,5H3/b11-6+,12-9-/t14-,15+,16+,19-,20-/m0/s1. The van der Waals surface area contributed by atoms with Crippen molar-refractivity contribution in [3.8, 4) is 0 Å². The fraction of sp³-hybridized carbons (Fsp3) is 0.500. The second-order valence-electron chi connectivity index (χ2n) is 7.33. The number of fused-ring (bicyclic) bond motifs is 3. The molecular weight excluding hydrogens is 336 g/mol. The summed E-state index contributed by atoms with van der Waals surface area (Å²) in [5, 5.41) is 10.8. The van der Waals surface area contributed by atoms with Crippen molar-refractivity contribution < 1.29 is 28.9 Å². The fourth-order valence-electron chi connectivity index (χ4n) is 3.57. The van der Waals surface area contributed by atoms with Gasteiger partial charge >= 0.3 is 11.9 Å². The summed E-state index contributed by atoms with van der Waals surface area (Å²) in [6.45, 7) is 10.8. The molecule has 1 N–H and O–H groups in total. The molecule has 0 aromatic rings. The molecule has 2 bridgehead atoms. The molecule has 3 rings (SSSR count). The Morgan fingerprint density at radius 1 is 1.46 bits per heavy atom. The number of carbonyl (C=O) groups is 2. The Morgan fingerprint density at radius 3 is 2.81 bits per heavy atom. The Balaban J connectivity index is 2.04. The lowest BCUT2D eigenvalue weighted by atomic mass is 9.83. The SMILES string of the molecule is C=C1C(=O)O[C@H]2/C=C(/C)[C@]3(O)C=C[C@@](C)(C[C@@H](OC(=O)/C(C)=C/C)[C@H]12)O3. The number of hydrogen-bond acceptors (Lipinski definition) is 6. The topological polar surface area (TPSA) is 82.1 Å². The van der Waals surface area contributed by atoms with Crippen LogP contribution in [-0.2, 0) is 23.8 Å². The fourth-order valence-corrected chi connectivity index (χ4v) is 3.57. The molecule has 0 amide bonds.